The van der Waals surface area contributed by atoms with Crippen molar-refractivity contribution in [3.8, 4) is 0 Å². The van der Waals surface area contributed by atoms with Gasteiger partial charge in [-0.25, -0.2) is 0 Å². The third-order valence-electron chi connectivity index (χ3n) is 3.18. The maximum absolute atomic E-state index is 11.2. The number of nitrogens with two attached hydrogens (primary N) is 1. The van der Waals surface area contributed by atoms with E-state index in [1.165, 1.54) is 0 Å². The van der Waals surface area contributed by atoms with Crippen molar-refractivity contribution in [2.75, 3.05) is 5.32 Å². The number of carbonyl (C=O) groups is 1. The van der Waals surface area contributed by atoms with E-state index in [1.807, 2.05) is 0 Å². The number of aryl methyl sites for hydroxylation is 1. The molecule has 9 nitrogen and oxygen atoms in total. The normalized spacial score (nSPS) is 10.1. The lowest BCUT2D eigenvalue weighted by atomic mass is 10.1. The van der Waals surface area contributed by atoms with Gasteiger partial charge in [-0.05, 0) is 18.6 Å². The number of nitro benzene ring substituents is 2. The highest BCUT2D eigenvalue weighted by Crippen LogP contribution is 2.38. The van der Waals surface area contributed by atoms with Crippen LogP contribution in [-0.2, 0) is 0 Å². The Morgan fingerprint density at radius 1 is 1.09 bits per heavy atom. The first kappa shape index (κ1) is 15.9. The highest BCUT2D eigenvalue weighted by molar-refractivity contribution is 5.97. The van der Waals surface area contributed by atoms with Crippen LogP contribution >= 0.6 is 0 Å². The number of para-hydroxylation sites is 1. The van der Waals surface area contributed by atoms with Crippen molar-refractivity contribution >= 4 is 28.7 Å². The molecule has 0 heterocycles. The predicted octanol–water partition coefficient (Wildman–Crippen LogP) is 2.65. The molecule has 0 saturated carbocycles. The van der Waals surface area contributed by atoms with Crippen LogP contribution in [0.3, 0.4) is 0 Å². The Morgan fingerprint density at radius 3 is 2.04 bits per heavy atom. The van der Waals surface area contributed by atoms with Gasteiger partial charge in [-0.2, -0.15) is 0 Å². The molecule has 0 aliphatic carbocycles. The molecule has 118 valence electrons. The first-order chi connectivity index (χ1) is 10.8. The first-order valence-electron chi connectivity index (χ1n) is 6.40. The molecule has 0 bridgehead atoms. The van der Waals surface area contributed by atoms with Gasteiger partial charge in [0.2, 0.25) is 5.91 Å². The fraction of sp³-hybridized carbons (Fsp3) is 0.0714. The molecule has 9 heteroatoms. The Hall–Kier alpha value is -3.49. The highest BCUT2D eigenvalue weighted by Gasteiger charge is 2.28. The van der Waals surface area contributed by atoms with Crippen LogP contribution in [0.2, 0.25) is 0 Å². The van der Waals surface area contributed by atoms with Crippen LogP contribution < -0.4 is 11.1 Å². The highest BCUT2D eigenvalue weighted by atomic mass is 16.6. The van der Waals surface area contributed by atoms with Gasteiger partial charge in [0.05, 0.1) is 15.4 Å². The lowest BCUT2D eigenvalue weighted by molar-refractivity contribution is -0.392. The van der Waals surface area contributed by atoms with Crippen molar-refractivity contribution in [1.29, 1.82) is 0 Å². The lowest BCUT2D eigenvalue weighted by Crippen LogP contribution is -2.13. The van der Waals surface area contributed by atoms with Gasteiger partial charge >= 0.3 is 11.4 Å². The smallest absolute Gasteiger partial charge is 0.300 e. The standard InChI is InChI=1S/C14H12N4O5/c1-8-4-2-3-5-10(8)16-13-11(17(20)21)6-9(14(15)19)7-12(13)18(22)23/h2-7,16H,1H3,(H2,15,19). The van der Waals surface area contributed by atoms with E-state index in [4.69, 9.17) is 5.73 Å². The van der Waals surface area contributed by atoms with Crippen LogP contribution in [-0.4, -0.2) is 15.8 Å². The Labute approximate surface area is 130 Å². The summed E-state index contributed by atoms with van der Waals surface area (Å²) in [6.07, 6.45) is 0. The lowest BCUT2D eigenvalue weighted by Gasteiger charge is -2.11. The van der Waals surface area contributed by atoms with Crippen molar-refractivity contribution in [3.05, 3.63) is 67.8 Å². The molecule has 0 aliphatic heterocycles. The zero-order chi connectivity index (χ0) is 17.1. The van der Waals surface area contributed by atoms with Crippen LogP contribution in [0.4, 0.5) is 22.7 Å². The minimum Gasteiger partial charge on any atom is -0.366 e. The molecular formula is C14H12N4O5. The summed E-state index contributed by atoms with van der Waals surface area (Å²) < 4.78 is 0. The number of nitro groups is 2. The monoisotopic (exact) mass is 316 g/mol. The number of carbonyl (C=O) groups excluding carboxylic acids is 1. The van der Waals surface area contributed by atoms with E-state index < -0.39 is 27.1 Å². The number of hydrogen-bond donors (Lipinski definition) is 2. The van der Waals surface area contributed by atoms with Gasteiger partial charge < -0.3 is 11.1 Å². The van der Waals surface area contributed by atoms with Gasteiger partial charge in [0, 0.05) is 17.8 Å². The molecule has 2 aromatic carbocycles. The average Bonchev–Trinajstić information content (AvgIpc) is 2.48. The van der Waals surface area contributed by atoms with E-state index in [-0.39, 0.29) is 11.3 Å². The van der Waals surface area contributed by atoms with Gasteiger partial charge in [-0.1, -0.05) is 18.2 Å². The van der Waals surface area contributed by atoms with Crippen molar-refractivity contribution in [2.24, 2.45) is 5.73 Å². The topological polar surface area (TPSA) is 141 Å². The van der Waals surface area contributed by atoms with Gasteiger partial charge in [-0.15, -0.1) is 0 Å². The molecule has 0 atom stereocenters. The fourth-order valence-electron chi connectivity index (χ4n) is 2.02. The summed E-state index contributed by atoms with van der Waals surface area (Å²) >= 11 is 0. The second-order valence-corrected chi connectivity index (χ2v) is 4.71. The van der Waals surface area contributed by atoms with Crippen molar-refractivity contribution < 1.29 is 14.6 Å². The average molecular weight is 316 g/mol. The molecule has 0 aliphatic rings. The zero-order valence-corrected chi connectivity index (χ0v) is 12.0. The summed E-state index contributed by atoms with van der Waals surface area (Å²) in [5.74, 6) is -0.987. The number of hydrogen-bond acceptors (Lipinski definition) is 6. The summed E-state index contributed by atoms with van der Waals surface area (Å²) in [6.45, 7) is 1.75. The molecule has 3 N–H and O–H groups in total. The Balaban J connectivity index is 2.69. The van der Waals surface area contributed by atoms with Crippen LogP contribution in [0.5, 0.6) is 0 Å². The van der Waals surface area contributed by atoms with Gasteiger partial charge in [0.25, 0.3) is 0 Å². The van der Waals surface area contributed by atoms with Crippen molar-refractivity contribution in [2.45, 2.75) is 6.92 Å². The number of benzene rings is 2. The Bertz CT molecular complexity index is 784. The van der Waals surface area contributed by atoms with Crippen LogP contribution in [0.1, 0.15) is 15.9 Å². The summed E-state index contributed by atoms with van der Waals surface area (Å²) in [4.78, 5) is 32.1. The molecule has 0 radical (unpaired) electrons. The quantitative estimate of drug-likeness (QED) is 0.641. The van der Waals surface area contributed by atoms with E-state index in [0.29, 0.717) is 5.69 Å². The minimum absolute atomic E-state index is 0.306. The largest absolute Gasteiger partial charge is 0.366 e. The zero-order valence-electron chi connectivity index (χ0n) is 12.0. The number of nitrogens with zero attached hydrogens (tertiary/aromatic N) is 2. The summed E-state index contributed by atoms with van der Waals surface area (Å²) in [5.41, 5.74) is 4.48. The molecule has 23 heavy (non-hydrogen) atoms. The minimum atomic E-state index is -0.987. The van der Waals surface area contributed by atoms with E-state index in [9.17, 15) is 25.0 Å². The maximum atomic E-state index is 11.2. The predicted molar refractivity (Wildman–Crippen MR) is 82.7 cm³/mol. The first-order valence-corrected chi connectivity index (χ1v) is 6.40. The van der Waals surface area contributed by atoms with Crippen molar-refractivity contribution in [1.82, 2.24) is 0 Å². The number of rotatable bonds is 5. The van der Waals surface area contributed by atoms with Gasteiger partial charge in [-0.3, -0.25) is 25.0 Å². The molecule has 2 aromatic rings. The summed E-state index contributed by atoms with van der Waals surface area (Å²) in [5, 5.41) is 25.2. The van der Waals surface area contributed by atoms with Crippen LogP contribution in [0.15, 0.2) is 36.4 Å². The molecule has 1 amide bonds. The third-order valence-corrected chi connectivity index (χ3v) is 3.18. The number of amides is 1. The molecule has 0 spiro atoms. The second-order valence-electron chi connectivity index (χ2n) is 4.71. The molecule has 0 aromatic heterocycles. The second kappa shape index (κ2) is 6.10. The summed E-state index contributed by atoms with van der Waals surface area (Å²) in [7, 11) is 0. The molecule has 0 saturated heterocycles. The van der Waals surface area contributed by atoms with E-state index in [2.05, 4.69) is 5.32 Å². The van der Waals surface area contributed by atoms with Gasteiger partial charge in [0.1, 0.15) is 0 Å². The fourth-order valence-corrected chi connectivity index (χ4v) is 2.02. The Kier molecular flexibility index (Phi) is 4.21. The Morgan fingerprint density at radius 2 is 1.61 bits per heavy atom. The molecule has 0 fully saturated rings. The van der Waals surface area contributed by atoms with Crippen LogP contribution in [0, 0.1) is 27.2 Å². The summed E-state index contributed by atoms with van der Waals surface area (Å²) in [6, 6.07) is 8.65. The van der Waals surface area contributed by atoms with Gasteiger partial charge in [0.15, 0.2) is 5.69 Å². The number of primary amides is 1. The number of nitrogens with one attached hydrogen (secondary N) is 1. The molecule has 0 unspecified atom stereocenters. The third kappa shape index (κ3) is 3.23. The van der Waals surface area contributed by atoms with E-state index in [0.717, 1.165) is 17.7 Å². The molecule has 2 rings (SSSR count). The van der Waals surface area contributed by atoms with E-state index >= 15 is 0 Å². The maximum Gasteiger partial charge on any atom is 0.300 e. The molecular weight excluding hydrogens is 304 g/mol. The van der Waals surface area contributed by atoms with Crippen molar-refractivity contribution in [3.63, 3.8) is 0 Å². The SMILES string of the molecule is Cc1ccccc1Nc1c([N+](=O)[O-])cc(C(N)=O)cc1[N+](=O)[O-]. The van der Waals surface area contributed by atoms with Crippen LogP contribution in [0.25, 0.3) is 0 Å². The number of anilines is 2. The van der Waals surface area contributed by atoms with E-state index in [1.54, 1.807) is 31.2 Å².